The van der Waals surface area contributed by atoms with E-state index in [4.69, 9.17) is 0 Å². The van der Waals surface area contributed by atoms with Gasteiger partial charge in [-0.1, -0.05) is 63.2 Å². The minimum absolute atomic E-state index is 0.0778. The molecular weight excluding hydrogens is 392 g/mol. The largest absolute Gasteiger partial charge is 0.322 e. The van der Waals surface area contributed by atoms with Gasteiger partial charge >= 0.3 is 0 Å². The molecule has 0 aliphatic carbocycles. The highest BCUT2D eigenvalue weighted by molar-refractivity contribution is 7.20. The van der Waals surface area contributed by atoms with Crippen LogP contribution in [0, 0.1) is 0 Å². The standard InChI is InChI=1S/C25H22N2O2S/c1-25(2,3)17-10-8-16(9-11-17)19-6-4-5-7-20(19)24(29)26-18-12-13-21-22(14-18)30-23(15-28)27-21/h4-15H,1-3H3,(H,26,29). The van der Waals surface area contributed by atoms with E-state index in [9.17, 15) is 9.59 Å². The number of carbonyl (C=O) groups is 2. The molecule has 1 heterocycles. The molecule has 0 saturated carbocycles. The number of anilines is 1. The van der Waals surface area contributed by atoms with E-state index < -0.39 is 0 Å². The lowest BCUT2D eigenvalue weighted by molar-refractivity contribution is 0.102. The molecule has 1 N–H and O–H groups in total. The molecule has 30 heavy (non-hydrogen) atoms. The summed E-state index contributed by atoms with van der Waals surface area (Å²) in [4.78, 5) is 28.2. The number of carbonyl (C=O) groups excluding carboxylic acids is 2. The number of nitrogens with zero attached hydrogens (tertiary/aromatic N) is 1. The molecule has 0 radical (unpaired) electrons. The zero-order chi connectivity index (χ0) is 21.3. The zero-order valence-corrected chi connectivity index (χ0v) is 17.9. The van der Waals surface area contributed by atoms with Crippen molar-refractivity contribution in [3.63, 3.8) is 0 Å². The summed E-state index contributed by atoms with van der Waals surface area (Å²) in [6, 6.07) is 21.4. The molecule has 4 aromatic rings. The van der Waals surface area contributed by atoms with Crippen molar-refractivity contribution in [2.75, 3.05) is 5.32 Å². The molecule has 0 aliphatic heterocycles. The second-order valence-electron chi connectivity index (χ2n) is 8.18. The number of nitrogens with one attached hydrogen (secondary N) is 1. The molecule has 0 atom stereocenters. The monoisotopic (exact) mass is 414 g/mol. The molecule has 0 unspecified atom stereocenters. The number of fused-ring (bicyclic) bond motifs is 1. The van der Waals surface area contributed by atoms with Gasteiger partial charge in [0.2, 0.25) is 0 Å². The first-order valence-electron chi connectivity index (χ1n) is 9.72. The van der Waals surface area contributed by atoms with Gasteiger partial charge in [0.1, 0.15) is 0 Å². The Morgan fingerprint density at radius 3 is 2.43 bits per heavy atom. The minimum atomic E-state index is -0.176. The fourth-order valence-electron chi connectivity index (χ4n) is 3.35. The predicted octanol–water partition coefficient (Wildman–Crippen LogP) is 6.33. The van der Waals surface area contributed by atoms with Gasteiger partial charge in [-0.15, -0.1) is 11.3 Å². The Labute approximate surface area is 179 Å². The van der Waals surface area contributed by atoms with Gasteiger partial charge in [-0.2, -0.15) is 0 Å². The molecule has 0 saturated heterocycles. The molecule has 1 aromatic heterocycles. The van der Waals surface area contributed by atoms with Crippen LogP contribution < -0.4 is 5.32 Å². The number of thiazole rings is 1. The van der Waals surface area contributed by atoms with E-state index in [0.717, 1.165) is 27.6 Å². The first-order valence-corrected chi connectivity index (χ1v) is 10.5. The highest BCUT2D eigenvalue weighted by Gasteiger charge is 2.16. The number of aromatic nitrogens is 1. The van der Waals surface area contributed by atoms with Crippen LogP contribution in [0.1, 0.15) is 46.5 Å². The summed E-state index contributed by atoms with van der Waals surface area (Å²) in [6.07, 6.45) is 0.740. The maximum Gasteiger partial charge on any atom is 0.256 e. The Morgan fingerprint density at radius 1 is 1.00 bits per heavy atom. The summed E-state index contributed by atoms with van der Waals surface area (Å²) in [5, 5.41) is 3.40. The Hall–Kier alpha value is -3.31. The van der Waals surface area contributed by atoms with Crippen molar-refractivity contribution in [1.29, 1.82) is 0 Å². The lowest BCUT2D eigenvalue weighted by atomic mass is 9.86. The molecule has 150 valence electrons. The third-order valence-electron chi connectivity index (χ3n) is 5.00. The maximum absolute atomic E-state index is 13.1. The third-order valence-corrected chi connectivity index (χ3v) is 5.94. The highest BCUT2D eigenvalue weighted by Crippen LogP contribution is 2.29. The summed E-state index contributed by atoms with van der Waals surface area (Å²) in [5.74, 6) is -0.176. The Bertz CT molecular complexity index is 1230. The number of amides is 1. The number of rotatable bonds is 4. The van der Waals surface area contributed by atoms with Crippen LogP contribution in [0.25, 0.3) is 21.3 Å². The zero-order valence-electron chi connectivity index (χ0n) is 17.1. The molecule has 0 bridgehead atoms. The fraction of sp³-hybridized carbons (Fsp3) is 0.160. The Balaban J connectivity index is 1.63. The second-order valence-corrected chi connectivity index (χ2v) is 9.24. The topological polar surface area (TPSA) is 59.1 Å². The van der Waals surface area contributed by atoms with Crippen LogP contribution in [0.3, 0.4) is 0 Å². The van der Waals surface area contributed by atoms with Crippen molar-refractivity contribution >= 4 is 39.4 Å². The molecule has 5 heteroatoms. The second kappa shape index (κ2) is 7.84. The van der Waals surface area contributed by atoms with Gasteiger partial charge in [-0.25, -0.2) is 4.98 Å². The van der Waals surface area contributed by atoms with Gasteiger partial charge in [-0.05, 0) is 46.4 Å². The summed E-state index contributed by atoms with van der Waals surface area (Å²) in [6.45, 7) is 6.55. The quantitative estimate of drug-likeness (QED) is 0.397. The average molecular weight is 415 g/mol. The summed E-state index contributed by atoms with van der Waals surface area (Å²) >= 11 is 1.31. The van der Waals surface area contributed by atoms with Crippen molar-refractivity contribution < 1.29 is 9.59 Å². The molecule has 4 nitrogen and oxygen atoms in total. The van der Waals surface area contributed by atoms with E-state index in [0.29, 0.717) is 16.3 Å². The SMILES string of the molecule is CC(C)(C)c1ccc(-c2ccccc2C(=O)Nc2ccc3nc(C=O)sc3c2)cc1. The van der Waals surface area contributed by atoms with Crippen LogP contribution in [-0.4, -0.2) is 17.2 Å². The highest BCUT2D eigenvalue weighted by atomic mass is 32.1. The van der Waals surface area contributed by atoms with Crippen molar-refractivity contribution in [3.05, 3.63) is 82.9 Å². The maximum atomic E-state index is 13.1. The van der Waals surface area contributed by atoms with E-state index in [2.05, 4.69) is 55.3 Å². The van der Waals surface area contributed by atoms with Gasteiger partial charge in [0.15, 0.2) is 11.3 Å². The van der Waals surface area contributed by atoms with Crippen molar-refractivity contribution in [3.8, 4) is 11.1 Å². The summed E-state index contributed by atoms with van der Waals surface area (Å²) in [5.41, 5.74) is 5.25. The predicted molar refractivity (Wildman–Crippen MR) is 124 cm³/mol. The molecule has 1 amide bonds. The van der Waals surface area contributed by atoms with E-state index in [1.54, 1.807) is 6.07 Å². The average Bonchev–Trinajstić information content (AvgIpc) is 3.16. The third kappa shape index (κ3) is 4.02. The summed E-state index contributed by atoms with van der Waals surface area (Å²) in [7, 11) is 0. The number of benzene rings is 3. The Kier molecular flexibility index (Phi) is 5.22. The van der Waals surface area contributed by atoms with E-state index >= 15 is 0 Å². The molecule has 0 fully saturated rings. The summed E-state index contributed by atoms with van der Waals surface area (Å²) < 4.78 is 0.862. The van der Waals surface area contributed by atoms with Crippen molar-refractivity contribution in [2.24, 2.45) is 0 Å². The van der Waals surface area contributed by atoms with Crippen molar-refractivity contribution in [1.82, 2.24) is 4.98 Å². The molecule has 3 aromatic carbocycles. The van der Waals surface area contributed by atoms with Crippen molar-refractivity contribution in [2.45, 2.75) is 26.2 Å². The van der Waals surface area contributed by atoms with Gasteiger partial charge in [0.25, 0.3) is 5.91 Å². The smallest absolute Gasteiger partial charge is 0.256 e. The first kappa shape index (κ1) is 20.0. The van der Waals surface area contributed by atoms with E-state index in [1.165, 1.54) is 16.9 Å². The van der Waals surface area contributed by atoms with Gasteiger partial charge in [0, 0.05) is 11.3 Å². The van der Waals surface area contributed by atoms with Gasteiger partial charge < -0.3 is 5.32 Å². The van der Waals surface area contributed by atoms with Crippen LogP contribution in [-0.2, 0) is 5.41 Å². The molecule has 4 rings (SSSR count). The van der Waals surface area contributed by atoms with Gasteiger partial charge in [0.05, 0.1) is 10.2 Å². The number of hydrogen-bond donors (Lipinski definition) is 1. The lowest BCUT2D eigenvalue weighted by Gasteiger charge is -2.19. The number of aldehydes is 1. The van der Waals surface area contributed by atoms with Crippen LogP contribution in [0.5, 0.6) is 0 Å². The van der Waals surface area contributed by atoms with Crippen LogP contribution in [0.15, 0.2) is 66.7 Å². The van der Waals surface area contributed by atoms with Crippen LogP contribution in [0.4, 0.5) is 5.69 Å². The van der Waals surface area contributed by atoms with Crippen LogP contribution in [0.2, 0.25) is 0 Å². The normalized spacial score (nSPS) is 11.4. The van der Waals surface area contributed by atoms with Crippen LogP contribution >= 0.6 is 11.3 Å². The molecule has 0 aliphatic rings. The van der Waals surface area contributed by atoms with Gasteiger partial charge in [-0.3, -0.25) is 9.59 Å². The molecular formula is C25H22N2O2S. The minimum Gasteiger partial charge on any atom is -0.322 e. The number of hydrogen-bond acceptors (Lipinski definition) is 4. The fourth-order valence-corrected chi connectivity index (χ4v) is 4.17. The Morgan fingerprint density at radius 2 is 1.73 bits per heavy atom. The molecule has 0 spiro atoms. The first-order chi connectivity index (χ1) is 14.3. The van der Waals surface area contributed by atoms with E-state index in [-0.39, 0.29) is 11.3 Å². The lowest BCUT2D eigenvalue weighted by Crippen LogP contribution is -2.13. The van der Waals surface area contributed by atoms with E-state index in [1.807, 2.05) is 36.4 Å².